The van der Waals surface area contributed by atoms with E-state index < -0.39 is 4.92 Å². The molecule has 0 amide bonds. The van der Waals surface area contributed by atoms with Crippen LogP contribution in [0.3, 0.4) is 0 Å². The molecule has 98 valence electrons. The van der Waals surface area contributed by atoms with Crippen LogP contribution < -0.4 is 5.32 Å². The van der Waals surface area contributed by atoms with Gasteiger partial charge in [-0.05, 0) is 30.3 Å². The highest BCUT2D eigenvalue weighted by Crippen LogP contribution is 2.22. The largest absolute Gasteiger partial charge is 0.355 e. The molecule has 1 aromatic heterocycles. The Kier molecular flexibility index (Phi) is 3.01. The van der Waals surface area contributed by atoms with Gasteiger partial charge in [-0.25, -0.2) is 0 Å². The Balaban J connectivity index is 1.87. The van der Waals surface area contributed by atoms with Crippen molar-refractivity contribution in [2.75, 3.05) is 5.32 Å². The topological polar surface area (TPSA) is 68.1 Å². The molecule has 0 unspecified atom stereocenters. The lowest BCUT2D eigenvalue weighted by Crippen LogP contribution is -1.92. The van der Waals surface area contributed by atoms with Gasteiger partial charge in [-0.15, -0.1) is 0 Å². The fraction of sp³-hybridized carbons (Fsp3) is 0. The molecule has 1 N–H and O–H groups in total. The van der Waals surface area contributed by atoms with Gasteiger partial charge in [0.2, 0.25) is 0 Å². The number of anilines is 2. The summed E-state index contributed by atoms with van der Waals surface area (Å²) in [6.07, 6.45) is 1.75. The molecule has 0 saturated carbocycles. The van der Waals surface area contributed by atoms with E-state index in [1.54, 1.807) is 18.3 Å². The summed E-state index contributed by atoms with van der Waals surface area (Å²) in [7, 11) is 0. The van der Waals surface area contributed by atoms with E-state index in [-0.39, 0.29) is 5.69 Å². The van der Waals surface area contributed by atoms with Gasteiger partial charge >= 0.3 is 0 Å². The summed E-state index contributed by atoms with van der Waals surface area (Å²) in [6.45, 7) is 0. The molecule has 0 radical (unpaired) electrons. The Bertz CT molecular complexity index is 769. The lowest BCUT2D eigenvalue weighted by Gasteiger charge is -2.07. The van der Waals surface area contributed by atoms with Gasteiger partial charge < -0.3 is 5.32 Å². The van der Waals surface area contributed by atoms with Gasteiger partial charge in [-0.3, -0.25) is 15.1 Å². The number of fused-ring (bicyclic) bond motifs is 1. The summed E-state index contributed by atoms with van der Waals surface area (Å²) in [6, 6.07) is 16.1. The first-order valence-corrected chi connectivity index (χ1v) is 6.09. The van der Waals surface area contributed by atoms with E-state index in [0.717, 1.165) is 22.3 Å². The predicted molar refractivity (Wildman–Crippen MR) is 78.1 cm³/mol. The van der Waals surface area contributed by atoms with E-state index in [1.807, 2.05) is 30.3 Å². The van der Waals surface area contributed by atoms with Crippen molar-refractivity contribution in [1.82, 2.24) is 4.98 Å². The zero-order valence-corrected chi connectivity index (χ0v) is 10.5. The molecule has 0 aliphatic heterocycles. The van der Waals surface area contributed by atoms with Crippen LogP contribution in [0, 0.1) is 10.1 Å². The first kappa shape index (κ1) is 12.1. The summed E-state index contributed by atoms with van der Waals surface area (Å²) in [5.74, 6) is 0. The molecule has 3 rings (SSSR count). The molecule has 0 spiro atoms. The van der Waals surface area contributed by atoms with Crippen LogP contribution in [-0.4, -0.2) is 9.91 Å². The molecular formula is C15H11N3O2. The number of benzene rings is 2. The third-order valence-electron chi connectivity index (χ3n) is 2.97. The first-order valence-electron chi connectivity index (χ1n) is 6.09. The second-order valence-electron chi connectivity index (χ2n) is 4.34. The van der Waals surface area contributed by atoms with Crippen LogP contribution in [0.2, 0.25) is 0 Å². The van der Waals surface area contributed by atoms with Gasteiger partial charge in [0.15, 0.2) is 0 Å². The number of pyridine rings is 1. The summed E-state index contributed by atoms with van der Waals surface area (Å²) < 4.78 is 0. The number of hydrogen-bond donors (Lipinski definition) is 1. The minimum atomic E-state index is -0.413. The molecule has 1 heterocycles. The number of nitro benzene ring substituents is 1. The van der Waals surface area contributed by atoms with Crippen molar-refractivity contribution in [3.8, 4) is 0 Å². The Morgan fingerprint density at radius 3 is 2.50 bits per heavy atom. The number of aromatic nitrogens is 1. The van der Waals surface area contributed by atoms with Crippen molar-refractivity contribution in [3.63, 3.8) is 0 Å². The molecule has 0 saturated heterocycles. The molecule has 5 heteroatoms. The van der Waals surface area contributed by atoms with Gasteiger partial charge in [0, 0.05) is 35.1 Å². The Hall–Kier alpha value is -2.95. The predicted octanol–water partition coefficient (Wildman–Crippen LogP) is 3.89. The van der Waals surface area contributed by atoms with Crippen LogP contribution in [0.1, 0.15) is 0 Å². The summed E-state index contributed by atoms with van der Waals surface area (Å²) in [5, 5.41) is 14.9. The van der Waals surface area contributed by atoms with Crippen molar-refractivity contribution in [2.45, 2.75) is 0 Å². The SMILES string of the molecule is O=[N+]([O-])c1ccc(Nc2ccc3cccnc3c2)cc1. The highest BCUT2D eigenvalue weighted by molar-refractivity contribution is 5.83. The molecule has 20 heavy (non-hydrogen) atoms. The van der Waals surface area contributed by atoms with Gasteiger partial charge in [-0.2, -0.15) is 0 Å². The quantitative estimate of drug-likeness (QED) is 0.576. The number of nitrogens with one attached hydrogen (secondary N) is 1. The fourth-order valence-electron chi connectivity index (χ4n) is 1.98. The van der Waals surface area contributed by atoms with Crippen LogP contribution in [0.15, 0.2) is 60.8 Å². The Morgan fingerprint density at radius 2 is 1.75 bits per heavy atom. The summed E-state index contributed by atoms with van der Waals surface area (Å²) in [5.41, 5.74) is 2.67. The third-order valence-corrected chi connectivity index (χ3v) is 2.97. The molecule has 0 atom stereocenters. The molecule has 0 aliphatic carbocycles. The number of hydrogen-bond acceptors (Lipinski definition) is 4. The van der Waals surface area contributed by atoms with Crippen LogP contribution in [0.5, 0.6) is 0 Å². The Labute approximate surface area is 115 Å². The van der Waals surface area contributed by atoms with E-state index in [1.165, 1.54) is 12.1 Å². The smallest absolute Gasteiger partial charge is 0.269 e. The normalized spacial score (nSPS) is 10.4. The standard InChI is InChI=1S/C15H11N3O2/c19-18(20)14-7-5-12(6-8-14)17-13-4-3-11-2-1-9-16-15(11)10-13/h1-10,17H. The second kappa shape index (κ2) is 4.97. The minimum Gasteiger partial charge on any atom is -0.355 e. The van der Waals surface area contributed by atoms with Crippen molar-refractivity contribution in [2.24, 2.45) is 0 Å². The zero-order chi connectivity index (χ0) is 13.9. The second-order valence-corrected chi connectivity index (χ2v) is 4.34. The fourth-order valence-corrected chi connectivity index (χ4v) is 1.98. The van der Waals surface area contributed by atoms with E-state index >= 15 is 0 Å². The van der Waals surface area contributed by atoms with Crippen molar-refractivity contribution in [3.05, 3.63) is 70.9 Å². The number of rotatable bonds is 3. The van der Waals surface area contributed by atoms with Crippen molar-refractivity contribution < 1.29 is 4.92 Å². The maximum Gasteiger partial charge on any atom is 0.269 e. The third kappa shape index (κ3) is 2.42. The highest BCUT2D eigenvalue weighted by atomic mass is 16.6. The monoisotopic (exact) mass is 265 g/mol. The average molecular weight is 265 g/mol. The minimum absolute atomic E-state index is 0.0794. The molecule has 3 aromatic rings. The number of nitro groups is 1. The molecule has 2 aromatic carbocycles. The highest BCUT2D eigenvalue weighted by Gasteiger charge is 2.04. The molecule has 5 nitrogen and oxygen atoms in total. The van der Waals surface area contributed by atoms with Gasteiger partial charge in [0.1, 0.15) is 0 Å². The van der Waals surface area contributed by atoms with Crippen LogP contribution in [0.4, 0.5) is 17.1 Å². The van der Waals surface area contributed by atoms with Crippen LogP contribution in [-0.2, 0) is 0 Å². The summed E-state index contributed by atoms with van der Waals surface area (Å²) in [4.78, 5) is 14.5. The zero-order valence-electron chi connectivity index (χ0n) is 10.5. The maximum atomic E-state index is 10.6. The molecule has 0 aliphatic rings. The number of nitrogens with zero attached hydrogens (tertiary/aromatic N) is 2. The van der Waals surface area contributed by atoms with Gasteiger partial charge in [-0.1, -0.05) is 12.1 Å². The first-order chi connectivity index (χ1) is 9.72. The lowest BCUT2D eigenvalue weighted by molar-refractivity contribution is -0.384. The molecular weight excluding hydrogens is 254 g/mol. The van der Waals surface area contributed by atoms with E-state index in [0.29, 0.717) is 0 Å². The molecule has 0 fully saturated rings. The van der Waals surface area contributed by atoms with Gasteiger partial charge in [0.05, 0.1) is 10.4 Å². The van der Waals surface area contributed by atoms with Crippen molar-refractivity contribution in [1.29, 1.82) is 0 Å². The summed E-state index contributed by atoms with van der Waals surface area (Å²) >= 11 is 0. The van der Waals surface area contributed by atoms with E-state index in [2.05, 4.69) is 10.3 Å². The van der Waals surface area contributed by atoms with Gasteiger partial charge in [0.25, 0.3) is 5.69 Å². The number of non-ortho nitro benzene ring substituents is 1. The van der Waals surface area contributed by atoms with Crippen molar-refractivity contribution >= 4 is 28.0 Å². The molecule has 0 bridgehead atoms. The average Bonchev–Trinajstić information content (AvgIpc) is 2.48. The maximum absolute atomic E-state index is 10.6. The van der Waals surface area contributed by atoms with E-state index in [9.17, 15) is 10.1 Å². The van der Waals surface area contributed by atoms with E-state index in [4.69, 9.17) is 0 Å². The van der Waals surface area contributed by atoms with Crippen LogP contribution >= 0.6 is 0 Å². The Morgan fingerprint density at radius 1 is 1.00 bits per heavy atom. The lowest BCUT2D eigenvalue weighted by atomic mass is 10.2. The van der Waals surface area contributed by atoms with Crippen LogP contribution in [0.25, 0.3) is 10.9 Å².